The minimum absolute atomic E-state index is 0.0137. The molecule has 0 bridgehead atoms. The van der Waals surface area contributed by atoms with Gasteiger partial charge in [-0.05, 0) is 25.0 Å². The Morgan fingerprint density at radius 2 is 1.06 bits per heavy atom. The van der Waals surface area contributed by atoms with Crippen molar-refractivity contribution in [2.24, 2.45) is 0 Å². The Morgan fingerprint density at radius 1 is 0.742 bits per heavy atom. The predicted molar refractivity (Wildman–Crippen MR) is 117 cm³/mol. The molecule has 0 aromatic heterocycles. The highest BCUT2D eigenvalue weighted by atomic mass is 16.6. The minimum Gasteiger partial charge on any atom is -0.463 e. The van der Waals surface area contributed by atoms with Crippen LogP contribution >= 0.6 is 0 Å². The summed E-state index contributed by atoms with van der Waals surface area (Å²) in [6.45, 7) is 6.34. The molecule has 31 heavy (non-hydrogen) atoms. The standard InChI is InChI=1S/C25H32O6/c1-18(20-12-7-5-8-13-20)24(3,28)22(26)30-16-11-17-31-23(27)25(4,29)19(2)21-14-9-6-10-15-21/h5-10,12-15,18-19,28-29H,11,16-17H2,1-4H3/t18-,19-,24+,25+/m1/s1. The van der Waals surface area contributed by atoms with Crippen LogP contribution in [0.25, 0.3) is 0 Å². The molecule has 0 fully saturated rings. The summed E-state index contributed by atoms with van der Waals surface area (Å²) in [4.78, 5) is 24.7. The van der Waals surface area contributed by atoms with E-state index in [1.54, 1.807) is 13.8 Å². The number of benzene rings is 2. The molecular weight excluding hydrogens is 396 g/mol. The molecule has 0 saturated carbocycles. The van der Waals surface area contributed by atoms with E-state index in [1.807, 2.05) is 60.7 Å². The predicted octanol–water partition coefficient (Wildman–Crippen LogP) is 3.57. The van der Waals surface area contributed by atoms with Gasteiger partial charge in [0.05, 0.1) is 13.2 Å². The average Bonchev–Trinajstić information content (AvgIpc) is 2.78. The molecule has 6 nitrogen and oxygen atoms in total. The van der Waals surface area contributed by atoms with E-state index in [2.05, 4.69) is 0 Å². The van der Waals surface area contributed by atoms with Gasteiger partial charge >= 0.3 is 11.9 Å². The van der Waals surface area contributed by atoms with E-state index in [0.717, 1.165) is 11.1 Å². The van der Waals surface area contributed by atoms with E-state index in [4.69, 9.17) is 9.47 Å². The molecule has 2 aromatic carbocycles. The summed E-state index contributed by atoms with van der Waals surface area (Å²) in [6, 6.07) is 18.5. The van der Waals surface area contributed by atoms with Crippen molar-refractivity contribution < 1.29 is 29.3 Å². The third kappa shape index (κ3) is 6.15. The van der Waals surface area contributed by atoms with Crippen molar-refractivity contribution in [3.63, 3.8) is 0 Å². The number of esters is 2. The maximum atomic E-state index is 12.4. The van der Waals surface area contributed by atoms with Crippen molar-refractivity contribution in [2.45, 2.75) is 57.2 Å². The van der Waals surface area contributed by atoms with Crippen molar-refractivity contribution in [3.8, 4) is 0 Å². The molecule has 0 radical (unpaired) electrons. The highest BCUT2D eigenvalue weighted by molar-refractivity contribution is 5.80. The van der Waals surface area contributed by atoms with Gasteiger partial charge < -0.3 is 19.7 Å². The Morgan fingerprint density at radius 3 is 1.39 bits per heavy atom. The summed E-state index contributed by atoms with van der Waals surface area (Å²) >= 11 is 0. The summed E-state index contributed by atoms with van der Waals surface area (Å²) in [5, 5.41) is 21.3. The van der Waals surface area contributed by atoms with Gasteiger partial charge in [0.15, 0.2) is 11.2 Å². The molecule has 6 heteroatoms. The molecule has 168 valence electrons. The fourth-order valence-corrected chi connectivity index (χ4v) is 3.17. The van der Waals surface area contributed by atoms with Crippen LogP contribution in [0.1, 0.15) is 57.1 Å². The van der Waals surface area contributed by atoms with Crippen molar-refractivity contribution in [2.75, 3.05) is 13.2 Å². The van der Waals surface area contributed by atoms with Gasteiger partial charge in [0.2, 0.25) is 0 Å². The number of ether oxygens (including phenoxy) is 2. The smallest absolute Gasteiger partial charge is 0.338 e. The van der Waals surface area contributed by atoms with Crippen LogP contribution in [0, 0.1) is 0 Å². The molecule has 0 aliphatic rings. The molecule has 2 N–H and O–H groups in total. The Bertz CT molecular complexity index is 773. The van der Waals surface area contributed by atoms with Crippen LogP contribution in [-0.2, 0) is 19.1 Å². The van der Waals surface area contributed by atoms with E-state index in [1.165, 1.54) is 13.8 Å². The zero-order valence-corrected chi connectivity index (χ0v) is 18.6. The van der Waals surface area contributed by atoms with Gasteiger partial charge in [0.25, 0.3) is 0 Å². The van der Waals surface area contributed by atoms with Gasteiger partial charge in [0, 0.05) is 18.3 Å². The molecule has 4 atom stereocenters. The number of hydrogen-bond donors (Lipinski definition) is 2. The second kappa shape index (κ2) is 10.6. The van der Waals surface area contributed by atoms with E-state index in [0.29, 0.717) is 0 Å². The fourth-order valence-electron chi connectivity index (χ4n) is 3.17. The average molecular weight is 429 g/mol. The molecule has 0 unspecified atom stereocenters. The highest BCUT2D eigenvalue weighted by Crippen LogP contribution is 2.30. The Balaban J connectivity index is 1.79. The zero-order chi connectivity index (χ0) is 23.1. The van der Waals surface area contributed by atoms with E-state index < -0.39 is 35.0 Å². The molecule has 0 aliphatic heterocycles. The fraction of sp³-hybridized carbons (Fsp3) is 0.440. The third-order valence-electron chi connectivity index (χ3n) is 5.87. The monoisotopic (exact) mass is 428 g/mol. The first-order chi connectivity index (χ1) is 14.6. The first-order valence-corrected chi connectivity index (χ1v) is 10.5. The molecule has 2 rings (SSSR count). The molecule has 2 aromatic rings. The second-order valence-electron chi connectivity index (χ2n) is 8.19. The minimum atomic E-state index is -1.69. The number of hydrogen-bond acceptors (Lipinski definition) is 6. The van der Waals surface area contributed by atoms with Crippen LogP contribution in [0.3, 0.4) is 0 Å². The first-order valence-electron chi connectivity index (χ1n) is 10.5. The van der Waals surface area contributed by atoms with Gasteiger partial charge in [-0.2, -0.15) is 0 Å². The molecule has 0 heterocycles. The summed E-state index contributed by atoms with van der Waals surface area (Å²) < 4.78 is 10.4. The van der Waals surface area contributed by atoms with E-state index >= 15 is 0 Å². The summed E-state index contributed by atoms with van der Waals surface area (Å²) in [6.07, 6.45) is 0.253. The van der Waals surface area contributed by atoms with Crippen molar-refractivity contribution in [1.82, 2.24) is 0 Å². The lowest BCUT2D eigenvalue weighted by Crippen LogP contribution is -2.42. The van der Waals surface area contributed by atoms with Crippen molar-refractivity contribution in [3.05, 3.63) is 71.8 Å². The second-order valence-corrected chi connectivity index (χ2v) is 8.19. The largest absolute Gasteiger partial charge is 0.463 e. The lowest BCUT2D eigenvalue weighted by molar-refractivity contribution is -0.168. The quantitative estimate of drug-likeness (QED) is 0.444. The Kier molecular flexibility index (Phi) is 8.36. The van der Waals surface area contributed by atoms with E-state index in [-0.39, 0.29) is 19.6 Å². The Labute approximate surface area is 183 Å². The van der Waals surface area contributed by atoms with Gasteiger partial charge in [-0.15, -0.1) is 0 Å². The van der Waals surface area contributed by atoms with Gasteiger partial charge in [-0.3, -0.25) is 0 Å². The van der Waals surface area contributed by atoms with Crippen LogP contribution in [0.2, 0.25) is 0 Å². The number of aliphatic hydroxyl groups is 2. The molecular formula is C25H32O6. The maximum Gasteiger partial charge on any atom is 0.338 e. The van der Waals surface area contributed by atoms with Crippen LogP contribution < -0.4 is 0 Å². The van der Waals surface area contributed by atoms with Crippen molar-refractivity contribution in [1.29, 1.82) is 0 Å². The summed E-state index contributed by atoms with van der Waals surface area (Å²) in [5.74, 6) is -2.37. The number of carbonyl (C=O) groups is 2. The molecule has 0 aliphatic carbocycles. The molecule has 0 saturated heterocycles. The van der Waals surface area contributed by atoms with Crippen LogP contribution in [0.4, 0.5) is 0 Å². The SMILES string of the molecule is C[C@H](c1ccccc1)[C@](C)(O)C(=O)OCCCOC(=O)[C@@](C)(O)[C@H](C)c1ccccc1. The Hall–Kier alpha value is -2.70. The van der Waals surface area contributed by atoms with Gasteiger partial charge in [-0.25, -0.2) is 9.59 Å². The van der Waals surface area contributed by atoms with Crippen LogP contribution in [0.5, 0.6) is 0 Å². The van der Waals surface area contributed by atoms with Crippen LogP contribution in [0.15, 0.2) is 60.7 Å². The van der Waals surface area contributed by atoms with Crippen LogP contribution in [-0.4, -0.2) is 46.6 Å². The normalized spacial score (nSPS) is 17.0. The highest BCUT2D eigenvalue weighted by Gasteiger charge is 2.40. The number of carbonyl (C=O) groups excluding carboxylic acids is 2. The topological polar surface area (TPSA) is 93.1 Å². The third-order valence-corrected chi connectivity index (χ3v) is 5.87. The summed E-state index contributed by atoms with van der Waals surface area (Å²) in [5.41, 5.74) is -1.72. The summed E-state index contributed by atoms with van der Waals surface area (Å²) in [7, 11) is 0. The van der Waals surface area contributed by atoms with Crippen molar-refractivity contribution >= 4 is 11.9 Å². The first kappa shape index (κ1) is 24.6. The van der Waals surface area contributed by atoms with Gasteiger partial charge in [-0.1, -0.05) is 74.5 Å². The number of rotatable bonds is 10. The van der Waals surface area contributed by atoms with E-state index in [9.17, 15) is 19.8 Å². The zero-order valence-electron chi connectivity index (χ0n) is 18.6. The lowest BCUT2D eigenvalue weighted by atomic mass is 9.85. The van der Waals surface area contributed by atoms with Gasteiger partial charge in [0.1, 0.15) is 0 Å². The molecule has 0 amide bonds. The lowest BCUT2D eigenvalue weighted by Gasteiger charge is -2.29. The molecule has 0 spiro atoms. The maximum absolute atomic E-state index is 12.4.